The highest BCUT2D eigenvalue weighted by Crippen LogP contribution is 2.34. The fraction of sp³-hybridized carbons (Fsp3) is 0. The zero-order valence-electron chi connectivity index (χ0n) is 10.6. The zero-order valence-corrected chi connectivity index (χ0v) is 11.5. The van der Waals surface area contributed by atoms with E-state index in [1.54, 1.807) is 12.1 Å². The number of hydrogen-bond donors (Lipinski definition) is 2. The van der Waals surface area contributed by atoms with Crippen LogP contribution >= 0.6 is 7.60 Å². The van der Waals surface area contributed by atoms with E-state index in [0.717, 1.165) is 21.9 Å². The molecule has 3 aromatic rings. The molecule has 0 radical (unpaired) electrons. The fourth-order valence-corrected chi connectivity index (χ4v) is 2.85. The normalized spacial score (nSPS) is 11.7. The lowest BCUT2D eigenvalue weighted by atomic mass is 9.98. The molecule has 0 fully saturated rings. The maximum absolute atomic E-state index is 11.2. The lowest BCUT2D eigenvalue weighted by molar-refractivity contribution is 0.387. The van der Waals surface area contributed by atoms with Gasteiger partial charge in [-0.25, -0.2) is 0 Å². The summed E-state index contributed by atoms with van der Waals surface area (Å²) >= 11 is 0. The van der Waals surface area contributed by atoms with E-state index in [4.69, 9.17) is 9.79 Å². The third-order valence-corrected chi connectivity index (χ3v) is 4.28. The highest BCUT2D eigenvalue weighted by Gasteiger charge is 2.16. The van der Waals surface area contributed by atoms with Crippen molar-refractivity contribution in [3.63, 3.8) is 0 Å². The number of fused-ring (bicyclic) bond motifs is 1. The Hall–Kier alpha value is -1.93. The van der Waals surface area contributed by atoms with Gasteiger partial charge in [0.1, 0.15) is 0 Å². The summed E-state index contributed by atoms with van der Waals surface area (Å²) in [4.78, 5) is 18.3. The summed E-state index contributed by atoms with van der Waals surface area (Å²) in [7, 11) is -4.18. The molecule has 0 atom stereocenters. The smallest absolute Gasteiger partial charge is 0.321 e. The Morgan fingerprint density at radius 3 is 2.10 bits per heavy atom. The molecule has 0 unspecified atom stereocenters. The van der Waals surface area contributed by atoms with Crippen LogP contribution in [0, 0.1) is 0 Å². The summed E-state index contributed by atoms with van der Waals surface area (Å²) < 4.78 is 11.2. The monoisotopic (exact) mass is 284 g/mol. The van der Waals surface area contributed by atoms with Crippen molar-refractivity contribution in [1.82, 2.24) is 0 Å². The van der Waals surface area contributed by atoms with Gasteiger partial charge in [0.25, 0.3) is 0 Å². The van der Waals surface area contributed by atoms with Crippen LogP contribution < -0.4 is 5.30 Å². The van der Waals surface area contributed by atoms with Crippen LogP contribution in [0.15, 0.2) is 66.7 Å². The molecular weight excluding hydrogens is 271 g/mol. The SMILES string of the molecule is O=P(O)(O)c1ccc(-c2cccc3ccccc23)cc1. The van der Waals surface area contributed by atoms with Crippen molar-refractivity contribution in [3.05, 3.63) is 66.7 Å². The highest BCUT2D eigenvalue weighted by atomic mass is 31.2. The van der Waals surface area contributed by atoms with E-state index in [-0.39, 0.29) is 5.30 Å². The first-order chi connectivity index (χ1) is 9.55. The maximum Gasteiger partial charge on any atom is 0.356 e. The Morgan fingerprint density at radius 2 is 1.40 bits per heavy atom. The van der Waals surface area contributed by atoms with Gasteiger partial charge in [-0.05, 0) is 34.0 Å². The minimum Gasteiger partial charge on any atom is -0.321 e. The summed E-state index contributed by atoms with van der Waals surface area (Å²) in [6, 6.07) is 20.6. The molecule has 0 heterocycles. The molecule has 0 aliphatic heterocycles. The second-order valence-electron chi connectivity index (χ2n) is 4.62. The van der Waals surface area contributed by atoms with Crippen molar-refractivity contribution < 1.29 is 14.4 Å². The minimum absolute atomic E-state index is 0.0430. The lowest BCUT2D eigenvalue weighted by Crippen LogP contribution is -2.02. The summed E-state index contributed by atoms with van der Waals surface area (Å²) in [6.45, 7) is 0. The first-order valence-electron chi connectivity index (χ1n) is 6.20. The molecule has 0 amide bonds. The predicted octanol–water partition coefficient (Wildman–Crippen LogP) is 3.31. The van der Waals surface area contributed by atoms with Crippen molar-refractivity contribution in [2.24, 2.45) is 0 Å². The van der Waals surface area contributed by atoms with E-state index in [9.17, 15) is 4.57 Å². The van der Waals surface area contributed by atoms with Gasteiger partial charge in [-0.1, -0.05) is 54.6 Å². The second-order valence-corrected chi connectivity index (χ2v) is 6.22. The maximum atomic E-state index is 11.2. The van der Waals surface area contributed by atoms with E-state index >= 15 is 0 Å². The number of benzene rings is 3. The van der Waals surface area contributed by atoms with Crippen LogP contribution in [0.2, 0.25) is 0 Å². The number of rotatable bonds is 2. The molecule has 0 spiro atoms. The summed E-state index contributed by atoms with van der Waals surface area (Å²) in [5.41, 5.74) is 2.00. The van der Waals surface area contributed by atoms with Gasteiger partial charge in [0.05, 0.1) is 5.30 Å². The summed E-state index contributed by atoms with van der Waals surface area (Å²) in [5.74, 6) is 0. The molecule has 0 bridgehead atoms. The molecule has 4 heteroatoms. The van der Waals surface area contributed by atoms with Crippen LogP contribution in [0.4, 0.5) is 0 Å². The van der Waals surface area contributed by atoms with Crippen LogP contribution in [-0.2, 0) is 4.57 Å². The van der Waals surface area contributed by atoms with Crippen LogP contribution in [0.3, 0.4) is 0 Å². The molecule has 3 nitrogen and oxygen atoms in total. The highest BCUT2D eigenvalue weighted by molar-refractivity contribution is 7.60. The molecule has 3 rings (SSSR count). The second kappa shape index (κ2) is 4.88. The van der Waals surface area contributed by atoms with E-state index in [1.165, 1.54) is 12.1 Å². The van der Waals surface area contributed by atoms with Crippen molar-refractivity contribution >= 4 is 23.7 Å². The van der Waals surface area contributed by atoms with Gasteiger partial charge in [0.15, 0.2) is 0 Å². The Labute approximate surface area is 116 Å². The van der Waals surface area contributed by atoms with Gasteiger partial charge in [0, 0.05) is 0 Å². The average molecular weight is 284 g/mol. The first kappa shape index (κ1) is 13.1. The molecule has 2 N–H and O–H groups in total. The molecule has 0 saturated heterocycles. The topological polar surface area (TPSA) is 57.5 Å². The fourth-order valence-electron chi connectivity index (χ4n) is 2.31. The van der Waals surface area contributed by atoms with Crippen molar-refractivity contribution in [2.75, 3.05) is 0 Å². The summed E-state index contributed by atoms with van der Waals surface area (Å²) in [5, 5.41) is 2.31. The van der Waals surface area contributed by atoms with Crippen molar-refractivity contribution in [3.8, 4) is 11.1 Å². The van der Waals surface area contributed by atoms with Crippen LogP contribution in [-0.4, -0.2) is 9.79 Å². The predicted molar refractivity (Wildman–Crippen MR) is 81.1 cm³/mol. The summed E-state index contributed by atoms with van der Waals surface area (Å²) in [6.07, 6.45) is 0. The molecule has 3 aromatic carbocycles. The molecule has 100 valence electrons. The van der Waals surface area contributed by atoms with Crippen molar-refractivity contribution in [2.45, 2.75) is 0 Å². The van der Waals surface area contributed by atoms with E-state index < -0.39 is 7.60 Å². The third-order valence-electron chi connectivity index (χ3n) is 3.30. The van der Waals surface area contributed by atoms with Crippen molar-refractivity contribution in [1.29, 1.82) is 0 Å². The standard InChI is InChI=1S/C16H13O3P/c17-20(18,19)14-10-8-13(9-11-14)16-7-3-5-12-4-1-2-6-15(12)16/h1-11H,(H2,17,18,19). The van der Waals surface area contributed by atoms with Gasteiger partial charge < -0.3 is 9.79 Å². The largest absolute Gasteiger partial charge is 0.356 e. The molecule has 0 aliphatic carbocycles. The first-order valence-corrected chi connectivity index (χ1v) is 7.81. The quantitative estimate of drug-likeness (QED) is 0.710. The molecule has 0 aromatic heterocycles. The Kier molecular flexibility index (Phi) is 3.19. The molecule has 0 saturated carbocycles. The van der Waals surface area contributed by atoms with Crippen LogP contribution in [0.5, 0.6) is 0 Å². The number of hydrogen-bond acceptors (Lipinski definition) is 1. The van der Waals surface area contributed by atoms with Gasteiger partial charge in [-0.15, -0.1) is 0 Å². The van der Waals surface area contributed by atoms with Gasteiger partial charge >= 0.3 is 7.60 Å². The van der Waals surface area contributed by atoms with E-state index in [0.29, 0.717) is 0 Å². The van der Waals surface area contributed by atoms with Crippen LogP contribution in [0.1, 0.15) is 0 Å². The Morgan fingerprint density at radius 1 is 0.750 bits per heavy atom. The van der Waals surface area contributed by atoms with Crippen LogP contribution in [0.25, 0.3) is 21.9 Å². The van der Waals surface area contributed by atoms with Gasteiger partial charge in [-0.3, -0.25) is 4.57 Å². The van der Waals surface area contributed by atoms with Gasteiger partial charge in [0.2, 0.25) is 0 Å². The lowest BCUT2D eigenvalue weighted by Gasteiger charge is -2.08. The third kappa shape index (κ3) is 2.39. The molecular formula is C16H13O3P. The zero-order chi connectivity index (χ0) is 14.2. The Balaban J connectivity index is 2.14. The molecule has 0 aliphatic rings. The van der Waals surface area contributed by atoms with Gasteiger partial charge in [-0.2, -0.15) is 0 Å². The average Bonchev–Trinajstić information content (AvgIpc) is 2.46. The van der Waals surface area contributed by atoms with E-state index in [2.05, 4.69) is 0 Å². The molecule has 20 heavy (non-hydrogen) atoms. The minimum atomic E-state index is -4.18. The Bertz CT molecular complexity index is 798. The van der Waals surface area contributed by atoms with E-state index in [1.807, 2.05) is 42.5 Å².